The summed E-state index contributed by atoms with van der Waals surface area (Å²) < 4.78 is 2.13. The molecule has 1 aromatic heterocycles. The minimum atomic E-state index is 0.621. The first-order chi connectivity index (χ1) is 10.2. The number of rotatable bonds is 4. The molecule has 0 spiro atoms. The molecule has 1 aliphatic rings. The summed E-state index contributed by atoms with van der Waals surface area (Å²) in [4.78, 5) is 4.25. The molecule has 0 atom stereocenters. The molecular formula is C16H21ClN4. The highest BCUT2D eigenvalue weighted by molar-refractivity contribution is 6.31. The lowest BCUT2D eigenvalue weighted by molar-refractivity contribution is 0.791. The average molecular weight is 305 g/mol. The number of halogens is 1. The molecule has 0 amide bonds. The maximum atomic E-state index is 6.07. The topological polar surface area (TPSA) is 41.4 Å². The van der Waals surface area contributed by atoms with Gasteiger partial charge < -0.3 is 15.2 Å². The third kappa shape index (κ3) is 3.32. The molecule has 1 aromatic carbocycles. The number of benzene rings is 1. The third-order valence-electron chi connectivity index (χ3n) is 3.86. The molecule has 5 heteroatoms. The molecule has 21 heavy (non-hydrogen) atoms. The zero-order valence-electron chi connectivity index (χ0n) is 12.5. The molecule has 112 valence electrons. The Bertz CT molecular complexity index is 670. The zero-order valence-corrected chi connectivity index (χ0v) is 13.2. The van der Waals surface area contributed by atoms with Gasteiger partial charge in [-0.25, -0.2) is 0 Å². The molecule has 1 aliphatic carbocycles. The van der Waals surface area contributed by atoms with Crippen molar-refractivity contribution in [3.05, 3.63) is 35.0 Å². The first-order valence-electron chi connectivity index (χ1n) is 7.38. The smallest absolute Gasteiger partial charge is 0.191 e. The van der Waals surface area contributed by atoms with Gasteiger partial charge in [0, 0.05) is 48.8 Å². The highest BCUT2D eigenvalue weighted by atomic mass is 35.5. The number of aliphatic imine (C=N–C) groups is 1. The van der Waals surface area contributed by atoms with Crippen molar-refractivity contribution in [3.8, 4) is 0 Å². The van der Waals surface area contributed by atoms with Crippen LogP contribution in [-0.2, 0) is 13.5 Å². The van der Waals surface area contributed by atoms with Crippen molar-refractivity contribution in [3.63, 3.8) is 0 Å². The number of nitrogens with zero attached hydrogens (tertiary/aromatic N) is 2. The molecule has 0 unspecified atom stereocenters. The standard InChI is InChI=1S/C16H21ClN4/c1-18-16(20-13-4-5-13)19-8-7-11-10-21(2)15-9-12(17)3-6-14(11)15/h3,6,9-10,13H,4-5,7-8H2,1-2H3,(H2,18,19,20). The number of hydrogen-bond acceptors (Lipinski definition) is 1. The van der Waals surface area contributed by atoms with E-state index >= 15 is 0 Å². The molecular weight excluding hydrogens is 284 g/mol. The number of aryl methyl sites for hydroxylation is 1. The zero-order chi connectivity index (χ0) is 14.8. The lowest BCUT2D eigenvalue weighted by atomic mass is 10.1. The van der Waals surface area contributed by atoms with E-state index in [2.05, 4.69) is 39.5 Å². The Morgan fingerprint density at radius 1 is 1.43 bits per heavy atom. The van der Waals surface area contributed by atoms with Gasteiger partial charge in [0.25, 0.3) is 0 Å². The number of nitrogens with one attached hydrogen (secondary N) is 2. The molecule has 0 radical (unpaired) electrons. The highest BCUT2D eigenvalue weighted by Gasteiger charge is 2.21. The number of guanidine groups is 1. The fourth-order valence-electron chi connectivity index (χ4n) is 2.57. The van der Waals surface area contributed by atoms with Crippen molar-refractivity contribution in [2.45, 2.75) is 25.3 Å². The van der Waals surface area contributed by atoms with Gasteiger partial charge in [-0.05, 0) is 37.0 Å². The second kappa shape index (κ2) is 5.98. The highest BCUT2D eigenvalue weighted by Crippen LogP contribution is 2.24. The van der Waals surface area contributed by atoms with Crippen molar-refractivity contribution in [2.75, 3.05) is 13.6 Å². The van der Waals surface area contributed by atoms with Crippen LogP contribution >= 0.6 is 11.6 Å². The van der Waals surface area contributed by atoms with E-state index in [9.17, 15) is 0 Å². The Morgan fingerprint density at radius 2 is 2.24 bits per heavy atom. The summed E-state index contributed by atoms with van der Waals surface area (Å²) in [6, 6.07) is 6.69. The van der Waals surface area contributed by atoms with Crippen LogP contribution in [-0.4, -0.2) is 30.2 Å². The van der Waals surface area contributed by atoms with Gasteiger partial charge in [-0.3, -0.25) is 4.99 Å². The molecule has 1 saturated carbocycles. The summed E-state index contributed by atoms with van der Waals surface area (Å²) in [5.74, 6) is 0.904. The van der Waals surface area contributed by atoms with Gasteiger partial charge in [0.05, 0.1) is 0 Å². The SMILES string of the molecule is CN=C(NCCc1cn(C)c2cc(Cl)ccc12)NC1CC1. The lowest BCUT2D eigenvalue weighted by Crippen LogP contribution is -2.39. The number of fused-ring (bicyclic) bond motifs is 1. The van der Waals surface area contributed by atoms with E-state index in [1.807, 2.05) is 19.2 Å². The van der Waals surface area contributed by atoms with Gasteiger partial charge in [0.1, 0.15) is 0 Å². The normalized spacial score (nSPS) is 15.5. The second-order valence-electron chi connectivity index (χ2n) is 5.59. The van der Waals surface area contributed by atoms with Crippen LogP contribution in [0.3, 0.4) is 0 Å². The summed E-state index contributed by atoms with van der Waals surface area (Å²) >= 11 is 6.07. The van der Waals surface area contributed by atoms with E-state index in [1.54, 1.807) is 0 Å². The fraction of sp³-hybridized carbons (Fsp3) is 0.438. The minimum Gasteiger partial charge on any atom is -0.356 e. The molecule has 1 heterocycles. The van der Waals surface area contributed by atoms with Gasteiger partial charge in [-0.1, -0.05) is 17.7 Å². The van der Waals surface area contributed by atoms with Crippen LogP contribution in [0.25, 0.3) is 10.9 Å². The number of hydrogen-bond donors (Lipinski definition) is 2. The predicted octanol–water partition coefficient (Wildman–Crippen LogP) is 2.70. The van der Waals surface area contributed by atoms with Crippen LogP contribution in [0.2, 0.25) is 5.02 Å². The third-order valence-corrected chi connectivity index (χ3v) is 4.10. The molecule has 1 fully saturated rings. The summed E-state index contributed by atoms with van der Waals surface area (Å²) in [7, 11) is 3.88. The van der Waals surface area contributed by atoms with E-state index in [0.29, 0.717) is 6.04 Å². The van der Waals surface area contributed by atoms with Gasteiger partial charge in [0.2, 0.25) is 0 Å². The predicted molar refractivity (Wildman–Crippen MR) is 89.2 cm³/mol. The Labute approximate surface area is 130 Å². The molecule has 0 bridgehead atoms. The second-order valence-corrected chi connectivity index (χ2v) is 6.03. The van der Waals surface area contributed by atoms with Gasteiger partial charge in [-0.2, -0.15) is 0 Å². The molecule has 0 aliphatic heterocycles. The Balaban J connectivity index is 1.65. The lowest BCUT2D eigenvalue weighted by Gasteiger charge is -2.10. The first kappa shape index (κ1) is 14.3. The van der Waals surface area contributed by atoms with Crippen LogP contribution in [0.15, 0.2) is 29.4 Å². The quantitative estimate of drug-likeness (QED) is 0.673. The summed E-state index contributed by atoms with van der Waals surface area (Å²) in [5.41, 5.74) is 2.51. The van der Waals surface area contributed by atoms with Crippen molar-refractivity contribution < 1.29 is 0 Å². The van der Waals surface area contributed by atoms with Gasteiger partial charge in [-0.15, -0.1) is 0 Å². The monoisotopic (exact) mass is 304 g/mol. The van der Waals surface area contributed by atoms with Crippen molar-refractivity contribution in [1.82, 2.24) is 15.2 Å². The van der Waals surface area contributed by atoms with Crippen LogP contribution in [0, 0.1) is 0 Å². The molecule has 2 aromatic rings. The largest absolute Gasteiger partial charge is 0.356 e. The Morgan fingerprint density at radius 3 is 2.95 bits per heavy atom. The van der Waals surface area contributed by atoms with Crippen LogP contribution < -0.4 is 10.6 Å². The molecule has 0 saturated heterocycles. The minimum absolute atomic E-state index is 0.621. The van der Waals surface area contributed by atoms with E-state index in [4.69, 9.17) is 11.6 Å². The van der Waals surface area contributed by atoms with Gasteiger partial charge in [0.15, 0.2) is 5.96 Å². The van der Waals surface area contributed by atoms with E-state index < -0.39 is 0 Å². The Kier molecular flexibility index (Phi) is 4.06. The molecule has 3 rings (SSSR count). The average Bonchev–Trinajstić information content (AvgIpc) is 3.23. The first-order valence-corrected chi connectivity index (χ1v) is 7.76. The maximum Gasteiger partial charge on any atom is 0.191 e. The summed E-state index contributed by atoms with van der Waals surface area (Å²) in [6.07, 6.45) is 5.65. The van der Waals surface area contributed by atoms with E-state index in [1.165, 1.54) is 29.3 Å². The van der Waals surface area contributed by atoms with Crippen LogP contribution in [0.1, 0.15) is 18.4 Å². The maximum absolute atomic E-state index is 6.07. The van der Waals surface area contributed by atoms with Crippen molar-refractivity contribution >= 4 is 28.5 Å². The van der Waals surface area contributed by atoms with Crippen LogP contribution in [0.4, 0.5) is 0 Å². The van der Waals surface area contributed by atoms with Crippen molar-refractivity contribution in [2.24, 2.45) is 12.0 Å². The van der Waals surface area contributed by atoms with Gasteiger partial charge >= 0.3 is 0 Å². The summed E-state index contributed by atoms with van der Waals surface area (Å²) in [6.45, 7) is 0.869. The molecule has 2 N–H and O–H groups in total. The Hall–Kier alpha value is -1.68. The van der Waals surface area contributed by atoms with E-state index in [-0.39, 0.29) is 0 Å². The number of aromatic nitrogens is 1. The fourth-order valence-corrected chi connectivity index (χ4v) is 2.74. The molecule has 4 nitrogen and oxygen atoms in total. The van der Waals surface area contributed by atoms with E-state index in [0.717, 1.165) is 23.9 Å². The van der Waals surface area contributed by atoms with Crippen molar-refractivity contribution in [1.29, 1.82) is 0 Å². The summed E-state index contributed by atoms with van der Waals surface area (Å²) in [5, 5.41) is 8.82. The van der Waals surface area contributed by atoms with Crippen LogP contribution in [0.5, 0.6) is 0 Å².